The van der Waals surface area contributed by atoms with Crippen molar-refractivity contribution >= 4 is 5.57 Å². The maximum absolute atomic E-state index is 4.29. The molecule has 0 aliphatic heterocycles. The molecule has 1 atom stereocenters. The van der Waals surface area contributed by atoms with Gasteiger partial charge in [-0.15, -0.1) is 0 Å². The molecule has 22 heavy (non-hydrogen) atoms. The summed E-state index contributed by atoms with van der Waals surface area (Å²) in [6.45, 7) is 9.76. The van der Waals surface area contributed by atoms with Crippen molar-refractivity contribution in [2.45, 2.75) is 39.3 Å². The molecule has 0 aliphatic carbocycles. The van der Waals surface area contributed by atoms with Crippen LogP contribution in [0.4, 0.5) is 0 Å². The fourth-order valence-corrected chi connectivity index (χ4v) is 2.76. The molecule has 0 saturated carbocycles. The fourth-order valence-electron chi connectivity index (χ4n) is 2.76. The van der Waals surface area contributed by atoms with Gasteiger partial charge in [0.15, 0.2) is 0 Å². The first-order valence-corrected chi connectivity index (χ1v) is 8.15. The minimum Gasteiger partial charge on any atom is -0.310 e. The lowest BCUT2D eigenvalue weighted by Gasteiger charge is -2.22. The van der Waals surface area contributed by atoms with E-state index in [4.69, 9.17) is 0 Å². The highest BCUT2D eigenvalue weighted by Gasteiger charge is 2.13. The minimum atomic E-state index is 0.466. The Kier molecular flexibility index (Phi) is 6.42. The molecule has 0 heterocycles. The van der Waals surface area contributed by atoms with Gasteiger partial charge in [0.05, 0.1) is 0 Å². The second-order valence-electron chi connectivity index (χ2n) is 6.37. The monoisotopic (exact) mass is 293 g/mol. The molecule has 0 amide bonds. The van der Waals surface area contributed by atoms with E-state index >= 15 is 0 Å². The van der Waals surface area contributed by atoms with Crippen molar-refractivity contribution < 1.29 is 0 Å². The molecule has 0 aliphatic rings. The van der Waals surface area contributed by atoms with Crippen LogP contribution >= 0.6 is 0 Å². The Bertz CT molecular complexity index is 557. The highest BCUT2D eigenvalue weighted by molar-refractivity contribution is 5.63. The van der Waals surface area contributed by atoms with E-state index in [1.54, 1.807) is 0 Å². The lowest BCUT2D eigenvalue weighted by atomic mass is 9.94. The Morgan fingerprint density at radius 1 is 0.955 bits per heavy atom. The van der Waals surface area contributed by atoms with E-state index < -0.39 is 0 Å². The van der Waals surface area contributed by atoms with E-state index in [-0.39, 0.29) is 0 Å². The van der Waals surface area contributed by atoms with E-state index in [0.29, 0.717) is 12.0 Å². The van der Waals surface area contributed by atoms with Gasteiger partial charge in [-0.25, -0.2) is 0 Å². The average molecular weight is 293 g/mol. The maximum Gasteiger partial charge on any atom is 0.0208 e. The lowest BCUT2D eigenvalue weighted by molar-refractivity contribution is 0.422. The maximum atomic E-state index is 4.29. The molecule has 0 spiro atoms. The number of rotatable bonds is 8. The van der Waals surface area contributed by atoms with Crippen LogP contribution in [0.2, 0.25) is 0 Å². The summed E-state index contributed by atoms with van der Waals surface area (Å²) in [4.78, 5) is 0. The molecule has 0 bridgehead atoms. The third kappa shape index (κ3) is 5.50. The van der Waals surface area contributed by atoms with Crippen LogP contribution < -0.4 is 5.32 Å². The smallest absolute Gasteiger partial charge is 0.0208 e. The SMILES string of the molecule is C=C(CC(CC(C)C)NCc1ccccc1)c1ccccc1. The fraction of sp³-hybridized carbons (Fsp3) is 0.333. The molecule has 0 saturated heterocycles. The van der Waals surface area contributed by atoms with Crippen LogP contribution in [0.1, 0.15) is 37.8 Å². The van der Waals surface area contributed by atoms with Crippen LogP contribution in [0.15, 0.2) is 67.2 Å². The summed E-state index contributed by atoms with van der Waals surface area (Å²) in [6, 6.07) is 21.6. The van der Waals surface area contributed by atoms with Gasteiger partial charge >= 0.3 is 0 Å². The van der Waals surface area contributed by atoms with Crippen molar-refractivity contribution in [3.05, 3.63) is 78.4 Å². The number of benzene rings is 2. The number of nitrogens with one attached hydrogen (secondary N) is 1. The molecule has 0 fully saturated rings. The van der Waals surface area contributed by atoms with Crippen LogP contribution in [0.3, 0.4) is 0 Å². The summed E-state index contributed by atoms with van der Waals surface area (Å²) in [6.07, 6.45) is 2.16. The first-order valence-electron chi connectivity index (χ1n) is 8.15. The highest BCUT2D eigenvalue weighted by atomic mass is 14.9. The normalized spacial score (nSPS) is 12.3. The summed E-state index contributed by atoms with van der Waals surface area (Å²) < 4.78 is 0. The molecule has 2 aromatic carbocycles. The van der Waals surface area contributed by atoms with Gasteiger partial charge in [-0.2, -0.15) is 0 Å². The van der Waals surface area contributed by atoms with E-state index in [1.807, 2.05) is 0 Å². The molecule has 0 radical (unpaired) electrons. The molecular formula is C21H27N. The molecule has 1 unspecified atom stereocenters. The second-order valence-corrected chi connectivity index (χ2v) is 6.37. The Morgan fingerprint density at radius 2 is 1.55 bits per heavy atom. The Labute approximate surface area is 135 Å². The molecule has 1 nitrogen and oxygen atoms in total. The van der Waals surface area contributed by atoms with E-state index in [9.17, 15) is 0 Å². The highest BCUT2D eigenvalue weighted by Crippen LogP contribution is 2.21. The van der Waals surface area contributed by atoms with Crippen molar-refractivity contribution in [3.8, 4) is 0 Å². The minimum absolute atomic E-state index is 0.466. The topological polar surface area (TPSA) is 12.0 Å². The molecular weight excluding hydrogens is 266 g/mol. The van der Waals surface area contributed by atoms with Gasteiger partial charge in [0, 0.05) is 12.6 Å². The van der Waals surface area contributed by atoms with Crippen molar-refractivity contribution in [1.82, 2.24) is 5.32 Å². The Morgan fingerprint density at radius 3 is 2.14 bits per heavy atom. The van der Waals surface area contributed by atoms with E-state index in [2.05, 4.69) is 86.4 Å². The van der Waals surface area contributed by atoms with Crippen molar-refractivity contribution in [2.24, 2.45) is 5.92 Å². The van der Waals surface area contributed by atoms with Crippen LogP contribution in [0.25, 0.3) is 5.57 Å². The summed E-state index contributed by atoms with van der Waals surface area (Å²) in [5.41, 5.74) is 3.80. The molecule has 2 aromatic rings. The second kappa shape index (κ2) is 8.55. The van der Waals surface area contributed by atoms with Gasteiger partial charge in [-0.3, -0.25) is 0 Å². The molecule has 116 valence electrons. The van der Waals surface area contributed by atoms with E-state index in [1.165, 1.54) is 23.1 Å². The van der Waals surface area contributed by atoms with Crippen LogP contribution in [-0.4, -0.2) is 6.04 Å². The molecule has 1 N–H and O–H groups in total. The summed E-state index contributed by atoms with van der Waals surface area (Å²) in [7, 11) is 0. The lowest BCUT2D eigenvalue weighted by Crippen LogP contribution is -2.30. The molecule has 0 aromatic heterocycles. The number of hydrogen-bond acceptors (Lipinski definition) is 1. The van der Waals surface area contributed by atoms with Gasteiger partial charge in [-0.1, -0.05) is 81.1 Å². The quantitative estimate of drug-likeness (QED) is 0.697. The van der Waals surface area contributed by atoms with Crippen molar-refractivity contribution in [2.75, 3.05) is 0 Å². The van der Waals surface area contributed by atoms with Gasteiger partial charge in [0.1, 0.15) is 0 Å². The summed E-state index contributed by atoms with van der Waals surface area (Å²) >= 11 is 0. The summed E-state index contributed by atoms with van der Waals surface area (Å²) in [5.74, 6) is 0.678. The van der Waals surface area contributed by atoms with E-state index in [0.717, 1.165) is 13.0 Å². The van der Waals surface area contributed by atoms with Crippen LogP contribution in [0.5, 0.6) is 0 Å². The molecule has 2 rings (SSSR count). The predicted octanol–water partition coefficient (Wildman–Crippen LogP) is 5.29. The van der Waals surface area contributed by atoms with Crippen molar-refractivity contribution in [3.63, 3.8) is 0 Å². The van der Waals surface area contributed by atoms with Crippen LogP contribution in [0, 0.1) is 5.92 Å². The zero-order chi connectivity index (χ0) is 15.8. The average Bonchev–Trinajstić information content (AvgIpc) is 2.54. The number of hydrogen-bond donors (Lipinski definition) is 1. The predicted molar refractivity (Wildman–Crippen MR) is 96.6 cm³/mol. The largest absolute Gasteiger partial charge is 0.310 e. The van der Waals surface area contributed by atoms with Gasteiger partial charge in [-0.05, 0) is 35.5 Å². The van der Waals surface area contributed by atoms with Gasteiger partial charge < -0.3 is 5.32 Å². The van der Waals surface area contributed by atoms with Gasteiger partial charge in [0.25, 0.3) is 0 Å². The third-order valence-electron chi connectivity index (χ3n) is 3.87. The Hall–Kier alpha value is -1.86. The standard InChI is InChI=1S/C21H27N/c1-17(2)14-21(22-16-19-10-6-4-7-11-19)15-18(3)20-12-8-5-9-13-20/h4-13,17,21-22H,3,14-16H2,1-2H3. The Balaban J connectivity index is 1.95. The van der Waals surface area contributed by atoms with Gasteiger partial charge in [0.2, 0.25) is 0 Å². The van der Waals surface area contributed by atoms with Crippen LogP contribution in [-0.2, 0) is 6.54 Å². The molecule has 1 heteroatoms. The third-order valence-corrected chi connectivity index (χ3v) is 3.87. The van der Waals surface area contributed by atoms with Crippen molar-refractivity contribution in [1.29, 1.82) is 0 Å². The summed E-state index contributed by atoms with van der Waals surface area (Å²) in [5, 5.41) is 3.71. The zero-order valence-corrected chi connectivity index (χ0v) is 13.8. The zero-order valence-electron chi connectivity index (χ0n) is 13.8. The first-order chi connectivity index (χ1) is 10.6. The first kappa shape index (κ1) is 16.5.